The molecule has 0 saturated carbocycles. The quantitative estimate of drug-likeness (QED) is 0.706. The van der Waals surface area contributed by atoms with E-state index in [-0.39, 0.29) is 19.0 Å². The fourth-order valence-electron chi connectivity index (χ4n) is 3.19. The van der Waals surface area contributed by atoms with Gasteiger partial charge in [-0.3, -0.25) is 4.79 Å². The second kappa shape index (κ2) is 8.80. The average molecular weight is 415 g/mol. The van der Waals surface area contributed by atoms with Crippen molar-refractivity contribution in [2.24, 2.45) is 0 Å². The molecule has 1 saturated heterocycles. The lowest BCUT2D eigenvalue weighted by Crippen LogP contribution is -2.50. The van der Waals surface area contributed by atoms with Crippen LogP contribution in [0.4, 0.5) is 0 Å². The monoisotopic (exact) mass is 414 g/mol. The molecule has 0 aromatic heterocycles. The number of methoxy groups -OCH3 is 1. The van der Waals surface area contributed by atoms with Crippen molar-refractivity contribution in [3.8, 4) is 5.75 Å². The minimum atomic E-state index is -3.55. The summed E-state index contributed by atoms with van der Waals surface area (Å²) < 4.78 is 32.4. The number of hydrogen-bond donors (Lipinski definition) is 0. The molecule has 1 amide bonds. The van der Waals surface area contributed by atoms with E-state index in [1.807, 2.05) is 44.2 Å². The molecule has 1 aliphatic heterocycles. The number of carbonyl (C=O) groups excluding carboxylic acids is 1. The van der Waals surface area contributed by atoms with E-state index in [1.54, 1.807) is 30.2 Å². The molecule has 0 unspecified atom stereocenters. The zero-order valence-corrected chi connectivity index (χ0v) is 17.8. The van der Waals surface area contributed by atoms with Crippen LogP contribution in [0.1, 0.15) is 16.7 Å². The summed E-state index contributed by atoms with van der Waals surface area (Å²) >= 11 is 0. The third-order valence-electron chi connectivity index (χ3n) is 5.18. The summed E-state index contributed by atoms with van der Waals surface area (Å²) in [4.78, 5) is 14.4. The molecule has 0 aliphatic carbocycles. The number of nitrogens with zero attached hydrogens (tertiary/aromatic N) is 2. The Kier molecular flexibility index (Phi) is 6.39. The van der Waals surface area contributed by atoms with Crippen molar-refractivity contribution < 1.29 is 17.9 Å². The summed E-state index contributed by atoms with van der Waals surface area (Å²) in [7, 11) is -1.95. The van der Waals surface area contributed by atoms with Crippen molar-refractivity contribution >= 4 is 22.0 Å². The number of rotatable bonds is 5. The van der Waals surface area contributed by atoms with Crippen LogP contribution in [0.25, 0.3) is 6.08 Å². The molecule has 1 heterocycles. The standard InChI is InChI=1S/C22H26N2O4S/c1-17-7-9-21(15-18(17)2)29(26,27)24-13-11-23(12-14-24)22(25)10-8-19-5-4-6-20(16-19)28-3/h4-10,15-16H,11-14H2,1-3H3/b10-8-. The van der Waals surface area contributed by atoms with Crippen molar-refractivity contribution in [2.75, 3.05) is 33.3 Å². The van der Waals surface area contributed by atoms with E-state index in [0.717, 1.165) is 22.4 Å². The highest BCUT2D eigenvalue weighted by molar-refractivity contribution is 7.89. The van der Waals surface area contributed by atoms with Gasteiger partial charge in [0.15, 0.2) is 0 Å². The van der Waals surface area contributed by atoms with Gasteiger partial charge in [-0.1, -0.05) is 18.2 Å². The zero-order chi connectivity index (χ0) is 21.0. The molecule has 1 aliphatic rings. The molecule has 1 fully saturated rings. The van der Waals surface area contributed by atoms with Crippen LogP contribution in [0.2, 0.25) is 0 Å². The van der Waals surface area contributed by atoms with E-state index in [1.165, 1.54) is 10.4 Å². The Balaban J connectivity index is 1.62. The number of carbonyl (C=O) groups is 1. The predicted octanol–water partition coefficient (Wildman–Crippen LogP) is 2.86. The first-order valence-electron chi connectivity index (χ1n) is 9.50. The van der Waals surface area contributed by atoms with Gasteiger partial charge in [-0.15, -0.1) is 0 Å². The number of aryl methyl sites for hydroxylation is 2. The van der Waals surface area contributed by atoms with E-state index in [4.69, 9.17) is 4.74 Å². The number of piperazine rings is 1. The summed E-state index contributed by atoms with van der Waals surface area (Å²) in [6, 6.07) is 12.6. The fraction of sp³-hybridized carbons (Fsp3) is 0.318. The Morgan fingerprint density at radius 3 is 2.38 bits per heavy atom. The Morgan fingerprint density at radius 1 is 1.00 bits per heavy atom. The summed E-state index contributed by atoms with van der Waals surface area (Å²) in [6.07, 6.45) is 3.26. The maximum atomic E-state index is 12.9. The lowest BCUT2D eigenvalue weighted by Gasteiger charge is -2.33. The minimum Gasteiger partial charge on any atom is -0.497 e. The van der Waals surface area contributed by atoms with Gasteiger partial charge in [0.1, 0.15) is 5.75 Å². The topological polar surface area (TPSA) is 66.9 Å². The van der Waals surface area contributed by atoms with E-state index in [2.05, 4.69) is 0 Å². The molecule has 3 rings (SSSR count). The molecule has 154 valence electrons. The third-order valence-corrected chi connectivity index (χ3v) is 7.07. The zero-order valence-electron chi connectivity index (χ0n) is 17.0. The molecule has 6 nitrogen and oxygen atoms in total. The van der Waals surface area contributed by atoms with Gasteiger partial charge in [0, 0.05) is 32.3 Å². The molecular formula is C22H26N2O4S. The number of hydrogen-bond acceptors (Lipinski definition) is 4. The van der Waals surface area contributed by atoms with E-state index in [9.17, 15) is 13.2 Å². The van der Waals surface area contributed by atoms with Gasteiger partial charge in [0.05, 0.1) is 12.0 Å². The first kappa shape index (κ1) is 21.1. The molecule has 7 heteroatoms. The van der Waals surface area contributed by atoms with Crippen LogP contribution < -0.4 is 4.74 Å². The maximum absolute atomic E-state index is 12.9. The Labute approximate surface area is 172 Å². The van der Waals surface area contributed by atoms with Crippen LogP contribution in [-0.2, 0) is 14.8 Å². The van der Waals surface area contributed by atoms with Gasteiger partial charge in [0.2, 0.25) is 15.9 Å². The molecule has 0 radical (unpaired) electrons. The Bertz CT molecular complexity index is 1020. The van der Waals surface area contributed by atoms with E-state index in [0.29, 0.717) is 18.0 Å². The van der Waals surface area contributed by atoms with Crippen molar-refractivity contribution in [3.63, 3.8) is 0 Å². The number of benzene rings is 2. The van der Waals surface area contributed by atoms with Gasteiger partial charge < -0.3 is 9.64 Å². The van der Waals surface area contributed by atoms with Gasteiger partial charge in [-0.2, -0.15) is 4.31 Å². The van der Waals surface area contributed by atoms with Crippen LogP contribution in [0.15, 0.2) is 53.4 Å². The van der Waals surface area contributed by atoms with E-state index >= 15 is 0 Å². The first-order chi connectivity index (χ1) is 13.8. The Hall–Kier alpha value is -2.64. The van der Waals surface area contributed by atoms with Crippen molar-refractivity contribution in [3.05, 3.63) is 65.2 Å². The highest BCUT2D eigenvalue weighted by Crippen LogP contribution is 2.21. The maximum Gasteiger partial charge on any atom is 0.246 e. The van der Waals surface area contributed by atoms with Gasteiger partial charge in [-0.05, 0) is 60.9 Å². The molecule has 2 aromatic carbocycles. The average Bonchev–Trinajstić information content (AvgIpc) is 2.74. The normalized spacial score (nSPS) is 15.6. The number of amides is 1. The van der Waals surface area contributed by atoms with Crippen molar-refractivity contribution in [2.45, 2.75) is 18.7 Å². The summed E-state index contributed by atoms with van der Waals surface area (Å²) in [5.74, 6) is 0.598. The molecule has 29 heavy (non-hydrogen) atoms. The predicted molar refractivity (Wildman–Crippen MR) is 113 cm³/mol. The molecule has 0 atom stereocenters. The molecular weight excluding hydrogens is 388 g/mol. The van der Waals surface area contributed by atoms with Crippen LogP contribution in [-0.4, -0.2) is 56.8 Å². The molecule has 2 aromatic rings. The SMILES string of the molecule is COc1cccc(/C=C\C(=O)N2CCN(S(=O)(=O)c3ccc(C)c(C)c3)CC2)c1. The highest BCUT2D eigenvalue weighted by atomic mass is 32.2. The second-order valence-corrected chi connectivity index (χ2v) is 9.02. The number of sulfonamides is 1. The summed E-state index contributed by atoms with van der Waals surface area (Å²) in [5, 5.41) is 0. The summed E-state index contributed by atoms with van der Waals surface area (Å²) in [5.41, 5.74) is 2.87. The van der Waals surface area contributed by atoms with Gasteiger partial charge in [-0.25, -0.2) is 8.42 Å². The van der Waals surface area contributed by atoms with Crippen LogP contribution in [0.5, 0.6) is 5.75 Å². The second-order valence-electron chi connectivity index (χ2n) is 7.09. The van der Waals surface area contributed by atoms with Crippen LogP contribution >= 0.6 is 0 Å². The van der Waals surface area contributed by atoms with Crippen molar-refractivity contribution in [1.29, 1.82) is 0 Å². The fourth-order valence-corrected chi connectivity index (χ4v) is 4.70. The lowest BCUT2D eigenvalue weighted by molar-refractivity contribution is -0.127. The molecule has 0 N–H and O–H groups in total. The van der Waals surface area contributed by atoms with Crippen LogP contribution in [0.3, 0.4) is 0 Å². The van der Waals surface area contributed by atoms with Crippen molar-refractivity contribution in [1.82, 2.24) is 9.21 Å². The third kappa shape index (κ3) is 4.86. The van der Waals surface area contributed by atoms with E-state index < -0.39 is 10.0 Å². The first-order valence-corrected chi connectivity index (χ1v) is 10.9. The molecule has 0 bridgehead atoms. The van der Waals surface area contributed by atoms with Gasteiger partial charge >= 0.3 is 0 Å². The highest BCUT2D eigenvalue weighted by Gasteiger charge is 2.29. The molecule has 0 spiro atoms. The smallest absolute Gasteiger partial charge is 0.246 e. The van der Waals surface area contributed by atoms with Gasteiger partial charge in [0.25, 0.3) is 0 Å². The van der Waals surface area contributed by atoms with Crippen LogP contribution in [0, 0.1) is 13.8 Å². The Morgan fingerprint density at radius 2 is 1.72 bits per heavy atom. The number of ether oxygens (including phenoxy) is 1. The summed E-state index contributed by atoms with van der Waals surface area (Å²) in [6.45, 7) is 5.16. The largest absolute Gasteiger partial charge is 0.497 e. The lowest BCUT2D eigenvalue weighted by atomic mass is 10.1. The minimum absolute atomic E-state index is 0.129.